The molecule has 1 amide bonds. The van der Waals surface area contributed by atoms with E-state index >= 15 is 0 Å². The number of carbonyl (C=O) groups is 1. The number of thiazole rings is 1. The number of aryl methyl sites for hydroxylation is 1. The zero-order chi connectivity index (χ0) is 17.8. The zero-order valence-electron chi connectivity index (χ0n) is 13.8. The van der Waals surface area contributed by atoms with Gasteiger partial charge in [-0.1, -0.05) is 11.6 Å². The predicted octanol–water partition coefficient (Wildman–Crippen LogP) is 4.45. The summed E-state index contributed by atoms with van der Waals surface area (Å²) in [4.78, 5) is 16.5. The maximum absolute atomic E-state index is 12.2. The molecule has 0 aliphatic heterocycles. The number of aromatic nitrogens is 1. The van der Waals surface area contributed by atoms with Gasteiger partial charge < -0.3 is 14.5 Å². The number of rotatable bonds is 6. The van der Waals surface area contributed by atoms with Crippen LogP contribution in [0.25, 0.3) is 11.5 Å². The summed E-state index contributed by atoms with van der Waals surface area (Å²) in [5.41, 5.74) is 0.805. The summed E-state index contributed by atoms with van der Waals surface area (Å²) in [6.07, 6.45) is -0.628. The van der Waals surface area contributed by atoms with Crippen molar-refractivity contribution in [3.05, 3.63) is 57.6 Å². The SMILES string of the molecule is Cc1nc(-c2ccc(CNC(=O)C(C)Oc3ccc(Cl)cc3)o2)cs1. The van der Waals surface area contributed by atoms with Crippen LogP contribution in [0, 0.1) is 6.92 Å². The summed E-state index contributed by atoms with van der Waals surface area (Å²) < 4.78 is 11.3. The quantitative estimate of drug-likeness (QED) is 0.690. The normalized spacial score (nSPS) is 12.0. The van der Waals surface area contributed by atoms with Crippen molar-refractivity contribution in [3.8, 4) is 17.2 Å². The van der Waals surface area contributed by atoms with Crippen LogP contribution in [0.2, 0.25) is 5.02 Å². The van der Waals surface area contributed by atoms with Crippen LogP contribution >= 0.6 is 22.9 Å². The molecule has 1 aromatic carbocycles. The second kappa shape index (κ2) is 7.72. The van der Waals surface area contributed by atoms with Crippen LogP contribution in [0.5, 0.6) is 5.75 Å². The first-order valence-electron chi connectivity index (χ1n) is 7.72. The second-order valence-electron chi connectivity index (χ2n) is 5.45. The van der Waals surface area contributed by atoms with E-state index in [9.17, 15) is 4.79 Å². The van der Waals surface area contributed by atoms with Crippen molar-refractivity contribution in [2.24, 2.45) is 0 Å². The lowest BCUT2D eigenvalue weighted by Crippen LogP contribution is -2.35. The molecule has 0 spiro atoms. The molecular weight excluding hydrogens is 360 g/mol. The Morgan fingerprint density at radius 3 is 2.76 bits per heavy atom. The molecule has 3 aromatic rings. The molecule has 0 fully saturated rings. The lowest BCUT2D eigenvalue weighted by molar-refractivity contribution is -0.127. The fraction of sp³-hybridized carbons (Fsp3) is 0.222. The monoisotopic (exact) mass is 376 g/mol. The van der Waals surface area contributed by atoms with E-state index in [1.807, 2.05) is 24.4 Å². The first-order chi connectivity index (χ1) is 12.0. The Balaban J connectivity index is 1.53. The molecule has 0 saturated heterocycles. The van der Waals surface area contributed by atoms with Gasteiger partial charge in [0.1, 0.15) is 17.2 Å². The highest BCUT2D eigenvalue weighted by molar-refractivity contribution is 7.09. The minimum absolute atomic E-state index is 0.225. The number of furan rings is 1. The molecule has 1 atom stereocenters. The molecule has 1 unspecified atom stereocenters. The summed E-state index contributed by atoms with van der Waals surface area (Å²) in [5.74, 6) is 1.72. The van der Waals surface area contributed by atoms with Gasteiger partial charge in [0.2, 0.25) is 0 Å². The molecule has 2 aromatic heterocycles. The van der Waals surface area contributed by atoms with E-state index < -0.39 is 6.10 Å². The Morgan fingerprint density at radius 1 is 1.32 bits per heavy atom. The van der Waals surface area contributed by atoms with Crippen LogP contribution in [0.1, 0.15) is 17.7 Å². The third-order valence-electron chi connectivity index (χ3n) is 3.47. The molecule has 0 saturated carbocycles. The molecule has 25 heavy (non-hydrogen) atoms. The minimum Gasteiger partial charge on any atom is -0.481 e. The third kappa shape index (κ3) is 4.61. The van der Waals surface area contributed by atoms with Crippen molar-refractivity contribution in [2.45, 2.75) is 26.5 Å². The van der Waals surface area contributed by atoms with Crippen LogP contribution in [-0.4, -0.2) is 17.0 Å². The van der Waals surface area contributed by atoms with Crippen molar-refractivity contribution in [1.82, 2.24) is 10.3 Å². The topological polar surface area (TPSA) is 64.4 Å². The number of halogens is 1. The number of ether oxygens (including phenoxy) is 1. The molecule has 0 radical (unpaired) electrons. The number of hydrogen-bond donors (Lipinski definition) is 1. The zero-order valence-corrected chi connectivity index (χ0v) is 15.4. The Hall–Kier alpha value is -2.31. The van der Waals surface area contributed by atoms with Crippen LogP contribution in [-0.2, 0) is 11.3 Å². The number of benzene rings is 1. The summed E-state index contributed by atoms with van der Waals surface area (Å²) in [6.45, 7) is 3.92. The fourth-order valence-corrected chi connectivity index (χ4v) is 2.90. The number of nitrogens with zero attached hydrogens (tertiary/aromatic N) is 1. The van der Waals surface area contributed by atoms with Crippen molar-refractivity contribution in [2.75, 3.05) is 0 Å². The van der Waals surface area contributed by atoms with Gasteiger partial charge in [-0.3, -0.25) is 4.79 Å². The minimum atomic E-state index is -0.628. The Bertz CT molecular complexity index is 857. The standard InChI is InChI=1S/C18H17ClN2O3S/c1-11(23-14-5-3-13(19)4-6-14)18(22)20-9-15-7-8-17(24-15)16-10-25-12(2)21-16/h3-8,10-11H,9H2,1-2H3,(H,20,22). The summed E-state index contributed by atoms with van der Waals surface area (Å²) in [7, 11) is 0. The summed E-state index contributed by atoms with van der Waals surface area (Å²) in [6, 6.07) is 10.6. The first-order valence-corrected chi connectivity index (χ1v) is 8.98. The number of nitrogens with one attached hydrogen (secondary N) is 1. The van der Waals surface area contributed by atoms with Crippen molar-refractivity contribution in [1.29, 1.82) is 0 Å². The van der Waals surface area contributed by atoms with Crippen LogP contribution in [0.15, 0.2) is 46.2 Å². The van der Waals surface area contributed by atoms with Gasteiger partial charge in [-0.05, 0) is 50.2 Å². The van der Waals surface area contributed by atoms with Crippen molar-refractivity contribution in [3.63, 3.8) is 0 Å². The summed E-state index contributed by atoms with van der Waals surface area (Å²) in [5, 5.41) is 6.34. The smallest absolute Gasteiger partial charge is 0.261 e. The molecule has 1 N–H and O–H groups in total. The lowest BCUT2D eigenvalue weighted by atomic mass is 10.3. The molecule has 3 rings (SSSR count). The summed E-state index contributed by atoms with van der Waals surface area (Å²) >= 11 is 7.39. The average molecular weight is 377 g/mol. The first kappa shape index (κ1) is 17.5. The Labute approximate surface area is 154 Å². The van der Waals surface area contributed by atoms with E-state index in [2.05, 4.69) is 10.3 Å². The largest absolute Gasteiger partial charge is 0.481 e. The van der Waals surface area contributed by atoms with Gasteiger partial charge in [0.25, 0.3) is 5.91 Å². The number of hydrogen-bond acceptors (Lipinski definition) is 5. The highest BCUT2D eigenvalue weighted by Gasteiger charge is 2.15. The van der Waals surface area contributed by atoms with Crippen LogP contribution in [0.3, 0.4) is 0 Å². The lowest BCUT2D eigenvalue weighted by Gasteiger charge is -2.14. The highest BCUT2D eigenvalue weighted by Crippen LogP contribution is 2.23. The Kier molecular flexibility index (Phi) is 5.40. The molecule has 130 valence electrons. The molecule has 5 nitrogen and oxygen atoms in total. The predicted molar refractivity (Wildman–Crippen MR) is 97.9 cm³/mol. The van der Waals surface area contributed by atoms with Crippen LogP contribution < -0.4 is 10.1 Å². The van der Waals surface area contributed by atoms with Gasteiger partial charge in [0.05, 0.1) is 11.6 Å². The average Bonchev–Trinajstić information content (AvgIpc) is 3.23. The molecular formula is C18H17ClN2O3S. The number of amides is 1. The highest BCUT2D eigenvalue weighted by atomic mass is 35.5. The van der Waals surface area contributed by atoms with Gasteiger partial charge in [-0.2, -0.15) is 0 Å². The van der Waals surface area contributed by atoms with Crippen molar-refractivity contribution >= 4 is 28.8 Å². The van der Waals surface area contributed by atoms with E-state index in [0.29, 0.717) is 22.3 Å². The van der Waals surface area contributed by atoms with E-state index in [-0.39, 0.29) is 12.5 Å². The fourth-order valence-electron chi connectivity index (χ4n) is 2.18. The Morgan fingerprint density at radius 2 is 2.08 bits per heavy atom. The van der Waals surface area contributed by atoms with Gasteiger partial charge >= 0.3 is 0 Å². The van der Waals surface area contributed by atoms with Gasteiger partial charge in [-0.15, -0.1) is 11.3 Å². The van der Waals surface area contributed by atoms with Crippen LogP contribution in [0.4, 0.5) is 0 Å². The third-order valence-corrected chi connectivity index (χ3v) is 4.49. The molecule has 2 heterocycles. The van der Waals surface area contributed by atoms with E-state index in [0.717, 1.165) is 10.7 Å². The molecule has 0 bridgehead atoms. The number of carbonyl (C=O) groups excluding carboxylic acids is 1. The molecule has 0 aliphatic carbocycles. The van der Waals surface area contributed by atoms with E-state index in [4.69, 9.17) is 20.8 Å². The maximum atomic E-state index is 12.2. The van der Waals surface area contributed by atoms with Gasteiger partial charge in [0.15, 0.2) is 11.9 Å². The maximum Gasteiger partial charge on any atom is 0.261 e. The van der Waals surface area contributed by atoms with E-state index in [1.165, 1.54) is 0 Å². The molecule has 0 aliphatic rings. The van der Waals surface area contributed by atoms with E-state index in [1.54, 1.807) is 42.5 Å². The molecule has 7 heteroatoms. The van der Waals surface area contributed by atoms with Gasteiger partial charge in [0, 0.05) is 10.4 Å². The second-order valence-corrected chi connectivity index (χ2v) is 6.95. The van der Waals surface area contributed by atoms with Gasteiger partial charge in [-0.25, -0.2) is 4.98 Å². The van der Waals surface area contributed by atoms with Crippen molar-refractivity contribution < 1.29 is 13.9 Å².